The molecule has 2 N–H and O–H groups in total. The fourth-order valence-electron chi connectivity index (χ4n) is 1.96. The average molecular weight is 324 g/mol. The van der Waals surface area contributed by atoms with Crippen LogP contribution in [-0.2, 0) is 0 Å². The highest BCUT2D eigenvalue weighted by Crippen LogP contribution is 2.10. The second kappa shape index (κ2) is 8.60. The molecule has 0 aliphatic carbocycles. The molecule has 1 aromatic carbocycles. The van der Waals surface area contributed by atoms with Gasteiger partial charge in [-0.3, -0.25) is 4.79 Å². The van der Waals surface area contributed by atoms with Crippen molar-refractivity contribution in [2.75, 3.05) is 37.8 Å². The summed E-state index contributed by atoms with van der Waals surface area (Å²) < 4.78 is 0. The zero-order valence-corrected chi connectivity index (χ0v) is 13.8. The topological polar surface area (TPSA) is 93.9 Å². The van der Waals surface area contributed by atoms with Crippen molar-refractivity contribution in [1.29, 1.82) is 5.26 Å². The van der Waals surface area contributed by atoms with Crippen LogP contribution in [-0.4, -0.2) is 48.0 Å². The molecule has 24 heavy (non-hydrogen) atoms. The minimum Gasteiger partial charge on any atom is -0.354 e. The SMILES string of the molecule is CN(C)CCCNc1ncc(C(=O)Nc2ccc(C#N)cc2)cn1. The molecule has 0 saturated carbocycles. The minimum absolute atomic E-state index is 0.293. The summed E-state index contributed by atoms with van der Waals surface area (Å²) in [6, 6.07) is 8.68. The van der Waals surface area contributed by atoms with Crippen LogP contribution < -0.4 is 10.6 Å². The van der Waals surface area contributed by atoms with E-state index in [1.54, 1.807) is 24.3 Å². The van der Waals surface area contributed by atoms with E-state index in [2.05, 4.69) is 25.5 Å². The van der Waals surface area contributed by atoms with Crippen molar-refractivity contribution in [2.24, 2.45) is 0 Å². The van der Waals surface area contributed by atoms with Crippen LogP contribution in [0.4, 0.5) is 11.6 Å². The third kappa shape index (κ3) is 5.34. The average Bonchev–Trinajstić information content (AvgIpc) is 2.59. The number of aromatic nitrogens is 2. The van der Waals surface area contributed by atoms with Gasteiger partial charge in [0.2, 0.25) is 5.95 Å². The molecule has 0 unspecified atom stereocenters. The molecule has 7 heteroatoms. The van der Waals surface area contributed by atoms with E-state index in [0.29, 0.717) is 22.8 Å². The molecular formula is C17H20N6O. The van der Waals surface area contributed by atoms with Crippen LogP contribution in [0.15, 0.2) is 36.7 Å². The van der Waals surface area contributed by atoms with Crippen LogP contribution in [0.25, 0.3) is 0 Å². The Kier molecular flexibility index (Phi) is 6.23. The predicted molar refractivity (Wildman–Crippen MR) is 92.8 cm³/mol. The van der Waals surface area contributed by atoms with Crippen LogP contribution in [0.1, 0.15) is 22.3 Å². The third-order valence-electron chi connectivity index (χ3n) is 3.25. The van der Waals surface area contributed by atoms with Gasteiger partial charge < -0.3 is 15.5 Å². The quantitative estimate of drug-likeness (QED) is 0.756. The van der Waals surface area contributed by atoms with Crippen molar-refractivity contribution >= 4 is 17.5 Å². The number of nitrogens with zero attached hydrogens (tertiary/aromatic N) is 4. The summed E-state index contributed by atoms with van der Waals surface area (Å²) in [5.74, 6) is 0.211. The molecule has 124 valence electrons. The lowest BCUT2D eigenvalue weighted by Gasteiger charge is -2.10. The number of hydrogen-bond acceptors (Lipinski definition) is 6. The van der Waals surface area contributed by atoms with Gasteiger partial charge in [-0.15, -0.1) is 0 Å². The molecule has 7 nitrogen and oxygen atoms in total. The maximum absolute atomic E-state index is 12.1. The van der Waals surface area contributed by atoms with E-state index in [1.165, 1.54) is 12.4 Å². The van der Waals surface area contributed by atoms with Gasteiger partial charge in [-0.2, -0.15) is 5.26 Å². The summed E-state index contributed by atoms with van der Waals surface area (Å²) in [4.78, 5) is 22.5. The van der Waals surface area contributed by atoms with Gasteiger partial charge >= 0.3 is 0 Å². The number of anilines is 2. The number of hydrogen-bond donors (Lipinski definition) is 2. The first kappa shape index (κ1) is 17.4. The Morgan fingerprint density at radius 1 is 1.21 bits per heavy atom. The second-order valence-electron chi connectivity index (χ2n) is 5.52. The van der Waals surface area contributed by atoms with Crippen LogP contribution in [0, 0.1) is 11.3 Å². The minimum atomic E-state index is -0.293. The van der Waals surface area contributed by atoms with Crippen molar-refractivity contribution < 1.29 is 4.79 Å². The molecule has 0 spiro atoms. The summed E-state index contributed by atoms with van der Waals surface area (Å²) >= 11 is 0. The Labute approximate surface area is 141 Å². The Morgan fingerprint density at radius 3 is 2.46 bits per heavy atom. The smallest absolute Gasteiger partial charge is 0.258 e. The molecule has 1 heterocycles. The van der Waals surface area contributed by atoms with Gasteiger partial charge in [0.1, 0.15) is 0 Å². The lowest BCUT2D eigenvalue weighted by molar-refractivity contribution is 0.102. The second-order valence-corrected chi connectivity index (χ2v) is 5.52. The van der Waals surface area contributed by atoms with Crippen molar-refractivity contribution in [3.63, 3.8) is 0 Å². The molecule has 0 fully saturated rings. The van der Waals surface area contributed by atoms with Crippen molar-refractivity contribution in [2.45, 2.75) is 6.42 Å². The number of nitrogens with one attached hydrogen (secondary N) is 2. The summed E-state index contributed by atoms with van der Waals surface area (Å²) in [5, 5.41) is 14.6. The lowest BCUT2D eigenvalue weighted by Crippen LogP contribution is -2.17. The van der Waals surface area contributed by atoms with E-state index in [4.69, 9.17) is 5.26 Å². The maximum atomic E-state index is 12.1. The van der Waals surface area contributed by atoms with E-state index < -0.39 is 0 Å². The Hall–Kier alpha value is -2.98. The number of carbonyl (C=O) groups is 1. The molecule has 0 aliphatic heterocycles. The summed E-state index contributed by atoms with van der Waals surface area (Å²) in [6.45, 7) is 1.76. The van der Waals surface area contributed by atoms with E-state index in [0.717, 1.165) is 19.5 Å². The van der Waals surface area contributed by atoms with Gasteiger partial charge in [-0.1, -0.05) is 0 Å². The van der Waals surface area contributed by atoms with Crippen molar-refractivity contribution in [3.05, 3.63) is 47.8 Å². The molecule has 0 radical (unpaired) electrons. The molecule has 1 amide bonds. The van der Waals surface area contributed by atoms with Crippen LogP contribution in [0.2, 0.25) is 0 Å². The van der Waals surface area contributed by atoms with Gasteiger partial charge in [0, 0.05) is 24.6 Å². The van der Waals surface area contributed by atoms with E-state index in [9.17, 15) is 4.79 Å². The fraction of sp³-hybridized carbons (Fsp3) is 0.294. The summed E-state index contributed by atoms with van der Waals surface area (Å²) in [5.41, 5.74) is 1.53. The number of amides is 1. The lowest BCUT2D eigenvalue weighted by atomic mass is 10.2. The fourth-order valence-corrected chi connectivity index (χ4v) is 1.96. The van der Waals surface area contributed by atoms with Gasteiger partial charge in [-0.25, -0.2) is 9.97 Å². The van der Waals surface area contributed by atoms with Gasteiger partial charge in [-0.05, 0) is 51.3 Å². The number of rotatable bonds is 7. The first-order valence-corrected chi connectivity index (χ1v) is 7.60. The highest BCUT2D eigenvalue weighted by atomic mass is 16.1. The van der Waals surface area contributed by atoms with Crippen LogP contribution in [0.5, 0.6) is 0 Å². The molecule has 0 bridgehead atoms. The molecule has 0 saturated heterocycles. The first-order chi connectivity index (χ1) is 11.6. The molecule has 2 aromatic rings. The predicted octanol–water partition coefficient (Wildman–Crippen LogP) is 1.96. The summed E-state index contributed by atoms with van der Waals surface area (Å²) in [7, 11) is 4.05. The molecule has 2 rings (SSSR count). The highest BCUT2D eigenvalue weighted by molar-refractivity contribution is 6.03. The number of benzene rings is 1. The number of nitriles is 1. The monoisotopic (exact) mass is 324 g/mol. The molecule has 0 aliphatic rings. The normalized spacial score (nSPS) is 10.2. The van der Waals surface area contributed by atoms with Crippen LogP contribution >= 0.6 is 0 Å². The summed E-state index contributed by atoms with van der Waals surface area (Å²) in [6.07, 6.45) is 3.96. The maximum Gasteiger partial charge on any atom is 0.258 e. The van der Waals surface area contributed by atoms with Gasteiger partial charge in [0.25, 0.3) is 5.91 Å². The van der Waals surface area contributed by atoms with Crippen molar-refractivity contribution in [1.82, 2.24) is 14.9 Å². The van der Waals surface area contributed by atoms with Gasteiger partial charge in [0.05, 0.1) is 17.2 Å². The van der Waals surface area contributed by atoms with Crippen LogP contribution in [0.3, 0.4) is 0 Å². The van der Waals surface area contributed by atoms with Gasteiger partial charge in [0.15, 0.2) is 0 Å². The largest absolute Gasteiger partial charge is 0.354 e. The van der Waals surface area contributed by atoms with E-state index >= 15 is 0 Å². The Morgan fingerprint density at radius 2 is 1.88 bits per heavy atom. The highest BCUT2D eigenvalue weighted by Gasteiger charge is 2.07. The van der Waals surface area contributed by atoms with E-state index in [-0.39, 0.29) is 5.91 Å². The molecule has 1 aromatic heterocycles. The standard InChI is InChI=1S/C17H20N6O/c1-23(2)9-3-8-19-17-20-11-14(12-21-17)16(24)22-15-6-4-13(10-18)5-7-15/h4-7,11-12H,3,8-9H2,1-2H3,(H,22,24)(H,19,20,21). The Bertz CT molecular complexity index is 703. The number of carbonyl (C=O) groups excluding carboxylic acids is 1. The third-order valence-corrected chi connectivity index (χ3v) is 3.25. The molecular weight excluding hydrogens is 304 g/mol. The first-order valence-electron chi connectivity index (χ1n) is 7.60. The zero-order valence-electron chi connectivity index (χ0n) is 13.8. The zero-order chi connectivity index (χ0) is 17.4. The van der Waals surface area contributed by atoms with E-state index in [1.807, 2.05) is 20.2 Å². The molecule has 0 atom stereocenters. The van der Waals surface area contributed by atoms with Crippen molar-refractivity contribution in [3.8, 4) is 6.07 Å². The Balaban J connectivity index is 1.87.